The molecule has 0 spiro atoms. The van der Waals surface area contributed by atoms with Crippen LogP contribution < -0.4 is 4.74 Å². The van der Waals surface area contributed by atoms with E-state index in [4.69, 9.17) is 4.74 Å². The molecule has 6 heteroatoms. The molecule has 6 nitrogen and oxygen atoms in total. The highest BCUT2D eigenvalue weighted by molar-refractivity contribution is 6.46. The summed E-state index contributed by atoms with van der Waals surface area (Å²) in [5.74, 6) is -0.492. The van der Waals surface area contributed by atoms with Crippen molar-refractivity contribution in [2.75, 3.05) is 0 Å². The van der Waals surface area contributed by atoms with E-state index in [2.05, 4.69) is 4.98 Å². The van der Waals surface area contributed by atoms with Gasteiger partial charge in [0.15, 0.2) is 0 Å². The Labute approximate surface area is 175 Å². The summed E-state index contributed by atoms with van der Waals surface area (Å²) in [5.41, 5.74) is 2.41. The second-order valence-electron chi connectivity index (χ2n) is 8.39. The standard InChI is InChI=1S/C24H24N2O4/c1-14-11-17-12-15(8-9-19(17)30-14)22(27)20-21(16-5-4-10-25-13-16)26(24(29)23(20)28)18-6-2-3-7-18/h4-5,8-10,12-14,18,21,27H,2-3,6-7,11H2,1H3/b22-20-. The van der Waals surface area contributed by atoms with Gasteiger partial charge >= 0.3 is 0 Å². The van der Waals surface area contributed by atoms with Crippen LogP contribution in [-0.2, 0) is 16.0 Å². The number of Topliss-reactive ketones (excluding diaryl/α,β-unsaturated/α-hetero) is 1. The van der Waals surface area contributed by atoms with Gasteiger partial charge in [0.25, 0.3) is 11.7 Å². The molecule has 0 radical (unpaired) electrons. The second-order valence-corrected chi connectivity index (χ2v) is 8.39. The summed E-state index contributed by atoms with van der Waals surface area (Å²) in [7, 11) is 0. The number of ketones is 1. The van der Waals surface area contributed by atoms with Gasteiger partial charge in [-0.25, -0.2) is 0 Å². The molecule has 2 unspecified atom stereocenters. The van der Waals surface area contributed by atoms with Crippen molar-refractivity contribution >= 4 is 17.4 Å². The zero-order chi connectivity index (χ0) is 20.8. The summed E-state index contributed by atoms with van der Waals surface area (Å²) in [6.07, 6.45) is 7.99. The Balaban J connectivity index is 1.64. The van der Waals surface area contributed by atoms with E-state index >= 15 is 0 Å². The molecule has 1 N–H and O–H groups in total. The molecule has 154 valence electrons. The fourth-order valence-electron chi connectivity index (χ4n) is 5.00. The molecule has 1 saturated carbocycles. The third kappa shape index (κ3) is 2.98. The van der Waals surface area contributed by atoms with Crippen molar-refractivity contribution < 1.29 is 19.4 Å². The number of hydrogen-bond donors (Lipinski definition) is 1. The Hall–Kier alpha value is -3.15. The molecule has 3 heterocycles. The van der Waals surface area contributed by atoms with Gasteiger partial charge in [-0.15, -0.1) is 0 Å². The van der Waals surface area contributed by atoms with Crippen LogP contribution in [0.3, 0.4) is 0 Å². The Bertz CT molecular complexity index is 1040. The SMILES string of the molecule is CC1Cc2cc(/C(O)=C3/C(=O)C(=O)N(C4CCCC4)C3c3cccnc3)ccc2O1. The molecule has 1 aromatic heterocycles. The summed E-state index contributed by atoms with van der Waals surface area (Å²) >= 11 is 0. The van der Waals surface area contributed by atoms with Crippen LogP contribution in [0.4, 0.5) is 0 Å². The Kier molecular flexibility index (Phi) is 4.57. The van der Waals surface area contributed by atoms with Crippen molar-refractivity contribution in [3.63, 3.8) is 0 Å². The number of ether oxygens (including phenoxy) is 1. The van der Waals surface area contributed by atoms with Crippen LogP contribution in [0.15, 0.2) is 48.3 Å². The first-order valence-electron chi connectivity index (χ1n) is 10.5. The summed E-state index contributed by atoms with van der Waals surface area (Å²) in [4.78, 5) is 32.0. The number of rotatable bonds is 3. The van der Waals surface area contributed by atoms with Crippen LogP contribution in [0.25, 0.3) is 5.76 Å². The summed E-state index contributed by atoms with van der Waals surface area (Å²) in [5, 5.41) is 11.2. The van der Waals surface area contributed by atoms with Gasteiger partial charge in [-0.3, -0.25) is 14.6 Å². The van der Waals surface area contributed by atoms with Gasteiger partial charge in [-0.2, -0.15) is 0 Å². The minimum Gasteiger partial charge on any atom is -0.507 e. The largest absolute Gasteiger partial charge is 0.507 e. The van der Waals surface area contributed by atoms with E-state index in [1.54, 1.807) is 29.4 Å². The van der Waals surface area contributed by atoms with Gasteiger partial charge in [0.1, 0.15) is 17.6 Å². The monoisotopic (exact) mass is 404 g/mol. The fraction of sp³-hybridized carbons (Fsp3) is 0.375. The molecule has 2 atom stereocenters. The fourth-order valence-corrected chi connectivity index (χ4v) is 5.00. The van der Waals surface area contributed by atoms with Crippen molar-refractivity contribution in [3.05, 3.63) is 65.0 Å². The molecule has 2 aromatic rings. The van der Waals surface area contributed by atoms with E-state index in [9.17, 15) is 14.7 Å². The van der Waals surface area contributed by atoms with Crippen molar-refractivity contribution in [2.45, 2.75) is 57.2 Å². The Morgan fingerprint density at radius 1 is 1.20 bits per heavy atom. The average Bonchev–Trinajstić information content (AvgIpc) is 3.46. The van der Waals surface area contributed by atoms with Crippen LogP contribution in [0.5, 0.6) is 5.75 Å². The van der Waals surface area contributed by atoms with Crippen LogP contribution in [0.2, 0.25) is 0 Å². The number of benzene rings is 1. The first-order valence-corrected chi connectivity index (χ1v) is 10.5. The number of aromatic nitrogens is 1. The number of fused-ring (bicyclic) bond motifs is 1. The average molecular weight is 404 g/mol. The highest BCUT2D eigenvalue weighted by Crippen LogP contribution is 2.43. The predicted molar refractivity (Wildman–Crippen MR) is 111 cm³/mol. The molecule has 1 aromatic carbocycles. The predicted octanol–water partition coefficient (Wildman–Crippen LogP) is 3.77. The summed E-state index contributed by atoms with van der Waals surface area (Å²) in [6, 6.07) is 8.46. The second kappa shape index (κ2) is 7.27. The maximum atomic E-state index is 13.1. The number of nitrogens with zero attached hydrogens (tertiary/aromatic N) is 2. The summed E-state index contributed by atoms with van der Waals surface area (Å²) in [6.45, 7) is 2.00. The number of carbonyl (C=O) groups is 2. The van der Waals surface area contributed by atoms with Crippen LogP contribution in [-0.4, -0.2) is 38.8 Å². The topological polar surface area (TPSA) is 79.7 Å². The highest BCUT2D eigenvalue weighted by atomic mass is 16.5. The van der Waals surface area contributed by atoms with E-state index < -0.39 is 17.7 Å². The minimum absolute atomic E-state index is 0.00577. The highest BCUT2D eigenvalue weighted by Gasteiger charge is 2.49. The first-order chi connectivity index (χ1) is 14.5. The maximum Gasteiger partial charge on any atom is 0.295 e. The van der Waals surface area contributed by atoms with Crippen molar-refractivity contribution in [2.24, 2.45) is 0 Å². The lowest BCUT2D eigenvalue weighted by molar-refractivity contribution is -0.141. The first kappa shape index (κ1) is 18.9. The van der Waals surface area contributed by atoms with Crippen LogP contribution in [0.1, 0.15) is 55.3 Å². The lowest BCUT2D eigenvalue weighted by atomic mass is 9.95. The van der Waals surface area contributed by atoms with E-state index in [0.29, 0.717) is 5.56 Å². The molecule has 2 aliphatic heterocycles. The zero-order valence-corrected chi connectivity index (χ0v) is 16.9. The van der Waals surface area contributed by atoms with Gasteiger partial charge in [-0.1, -0.05) is 18.9 Å². The molecule has 1 amide bonds. The lowest BCUT2D eigenvalue weighted by Crippen LogP contribution is -2.37. The molecular formula is C24H24N2O4. The number of aliphatic hydroxyl groups is 1. The van der Waals surface area contributed by atoms with E-state index in [-0.39, 0.29) is 23.5 Å². The molecule has 30 heavy (non-hydrogen) atoms. The lowest BCUT2D eigenvalue weighted by Gasteiger charge is -2.30. The number of aliphatic hydroxyl groups excluding tert-OH is 1. The smallest absolute Gasteiger partial charge is 0.295 e. The normalized spacial score (nSPS) is 25.6. The number of pyridine rings is 1. The number of carbonyl (C=O) groups excluding carboxylic acids is 2. The Morgan fingerprint density at radius 3 is 2.73 bits per heavy atom. The number of likely N-dealkylation sites (tertiary alicyclic amines) is 1. The molecule has 3 aliphatic rings. The van der Waals surface area contributed by atoms with E-state index in [1.807, 2.05) is 25.1 Å². The number of hydrogen-bond acceptors (Lipinski definition) is 5. The third-order valence-corrected chi connectivity index (χ3v) is 6.37. The van der Waals surface area contributed by atoms with Crippen molar-refractivity contribution in [3.8, 4) is 5.75 Å². The Morgan fingerprint density at radius 2 is 2.00 bits per heavy atom. The number of amides is 1. The van der Waals surface area contributed by atoms with Gasteiger partial charge in [0.05, 0.1) is 11.6 Å². The van der Waals surface area contributed by atoms with Gasteiger partial charge in [0, 0.05) is 30.4 Å². The van der Waals surface area contributed by atoms with Crippen molar-refractivity contribution in [1.29, 1.82) is 0 Å². The molecular weight excluding hydrogens is 380 g/mol. The molecule has 1 saturated heterocycles. The maximum absolute atomic E-state index is 13.1. The van der Waals surface area contributed by atoms with E-state index in [0.717, 1.165) is 49.0 Å². The van der Waals surface area contributed by atoms with Gasteiger partial charge < -0.3 is 14.7 Å². The molecule has 2 fully saturated rings. The van der Waals surface area contributed by atoms with Crippen molar-refractivity contribution in [1.82, 2.24) is 9.88 Å². The van der Waals surface area contributed by atoms with Crippen LogP contribution in [0, 0.1) is 0 Å². The molecule has 5 rings (SSSR count). The quantitative estimate of drug-likeness (QED) is 0.479. The van der Waals surface area contributed by atoms with Crippen LogP contribution >= 0.6 is 0 Å². The molecule has 1 aliphatic carbocycles. The minimum atomic E-state index is -0.627. The zero-order valence-electron chi connectivity index (χ0n) is 16.9. The van der Waals surface area contributed by atoms with E-state index in [1.165, 1.54) is 0 Å². The van der Waals surface area contributed by atoms with Gasteiger partial charge in [-0.05, 0) is 55.2 Å². The van der Waals surface area contributed by atoms with Gasteiger partial charge in [0.2, 0.25) is 0 Å². The summed E-state index contributed by atoms with van der Waals surface area (Å²) < 4.78 is 5.74. The third-order valence-electron chi connectivity index (χ3n) is 6.37. The molecule has 0 bridgehead atoms.